The standard InChI is InChI=1S/C6H12N2O2S/c1-6(2)11(9,10)8(3)5-4-7/h6H,5H2,1-3H3. The molecule has 0 aromatic heterocycles. The van der Waals surface area contributed by atoms with E-state index in [0.717, 1.165) is 4.31 Å². The quantitative estimate of drug-likeness (QED) is 0.576. The summed E-state index contributed by atoms with van der Waals surface area (Å²) in [5.41, 5.74) is 0. The van der Waals surface area contributed by atoms with Crippen LogP contribution in [0.5, 0.6) is 0 Å². The van der Waals surface area contributed by atoms with Crippen LogP contribution in [0.25, 0.3) is 0 Å². The maximum atomic E-state index is 11.2. The van der Waals surface area contributed by atoms with Gasteiger partial charge in [-0.15, -0.1) is 0 Å². The molecule has 0 aliphatic heterocycles. The van der Waals surface area contributed by atoms with E-state index >= 15 is 0 Å². The molecule has 11 heavy (non-hydrogen) atoms. The van der Waals surface area contributed by atoms with Crippen molar-refractivity contribution in [1.82, 2.24) is 4.31 Å². The van der Waals surface area contributed by atoms with Gasteiger partial charge in [0.2, 0.25) is 10.0 Å². The lowest BCUT2D eigenvalue weighted by Crippen LogP contribution is -2.33. The second-order valence-corrected chi connectivity index (χ2v) is 5.10. The Hall–Kier alpha value is -0.600. The lowest BCUT2D eigenvalue weighted by Gasteiger charge is -2.15. The van der Waals surface area contributed by atoms with Gasteiger partial charge in [-0.1, -0.05) is 0 Å². The molecule has 0 aromatic rings. The van der Waals surface area contributed by atoms with Gasteiger partial charge in [-0.25, -0.2) is 8.42 Å². The van der Waals surface area contributed by atoms with Gasteiger partial charge in [-0.05, 0) is 13.8 Å². The Bertz CT molecular complexity index is 250. The molecule has 4 nitrogen and oxygen atoms in total. The van der Waals surface area contributed by atoms with Gasteiger partial charge in [-0.3, -0.25) is 0 Å². The average molecular weight is 176 g/mol. The molecule has 0 unspecified atom stereocenters. The molecule has 0 saturated carbocycles. The van der Waals surface area contributed by atoms with Crippen LogP contribution in [0.15, 0.2) is 0 Å². The summed E-state index contributed by atoms with van der Waals surface area (Å²) in [7, 11) is -1.83. The third-order valence-electron chi connectivity index (χ3n) is 1.32. The molecule has 0 saturated heterocycles. The van der Waals surface area contributed by atoms with Crippen molar-refractivity contribution in [3.8, 4) is 6.07 Å². The SMILES string of the molecule is CC(C)S(=O)(=O)N(C)CC#N. The van der Waals surface area contributed by atoms with Crippen molar-refractivity contribution in [2.24, 2.45) is 0 Å². The van der Waals surface area contributed by atoms with Crippen LogP contribution in [0.2, 0.25) is 0 Å². The van der Waals surface area contributed by atoms with Crippen molar-refractivity contribution >= 4 is 10.0 Å². The van der Waals surface area contributed by atoms with Gasteiger partial charge in [0, 0.05) is 7.05 Å². The fourth-order valence-electron chi connectivity index (χ4n) is 0.549. The summed E-state index contributed by atoms with van der Waals surface area (Å²) in [6, 6.07) is 1.78. The third kappa shape index (κ3) is 2.48. The second kappa shape index (κ2) is 3.69. The van der Waals surface area contributed by atoms with Crippen molar-refractivity contribution in [3.05, 3.63) is 0 Å². The number of sulfonamides is 1. The highest BCUT2D eigenvalue weighted by Crippen LogP contribution is 2.04. The molecule has 0 N–H and O–H groups in total. The molecule has 0 rings (SSSR count). The molecule has 64 valence electrons. The summed E-state index contributed by atoms with van der Waals surface area (Å²) in [5.74, 6) is 0. The predicted octanol–water partition coefficient (Wildman–Crippen LogP) is 0.180. The normalized spacial score (nSPS) is 12.0. The van der Waals surface area contributed by atoms with Crippen molar-refractivity contribution in [2.75, 3.05) is 13.6 Å². The van der Waals surface area contributed by atoms with E-state index in [0.29, 0.717) is 0 Å². The minimum Gasteiger partial charge on any atom is -0.212 e. The summed E-state index contributed by atoms with van der Waals surface area (Å²) in [5, 5.41) is 7.77. The first-order valence-corrected chi connectivity index (χ1v) is 4.75. The zero-order chi connectivity index (χ0) is 9.07. The maximum absolute atomic E-state index is 11.2. The van der Waals surface area contributed by atoms with Crippen LogP contribution >= 0.6 is 0 Å². The van der Waals surface area contributed by atoms with E-state index < -0.39 is 15.3 Å². The van der Waals surface area contributed by atoms with Gasteiger partial charge in [0.05, 0.1) is 11.3 Å². The lowest BCUT2D eigenvalue weighted by molar-refractivity contribution is 0.493. The van der Waals surface area contributed by atoms with Crippen molar-refractivity contribution in [2.45, 2.75) is 19.1 Å². The number of nitriles is 1. The van der Waals surface area contributed by atoms with E-state index in [9.17, 15) is 8.42 Å². The second-order valence-electron chi connectivity index (χ2n) is 2.51. The minimum absolute atomic E-state index is 0.0828. The number of hydrogen-bond acceptors (Lipinski definition) is 3. The molecule has 0 atom stereocenters. The molecule has 5 heteroatoms. The summed E-state index contributed by atoms with van der Waals surface area (Å²) in [6.45, 7) is 3.09. The Balaban J connectivity index is 4.47. The fraction of sp³-hybridized carbons (Fsp3) is 0.833. The topological polar surface area (TPSA) is 61.2 Å². The monoisotopic (exact) mass is 176 g/mol. The van der Waals surface area contributed by atoms with Gasteiger partial charge in [0.15, 0.2) is 0 Å². The largest absolute Gasteiger partial charge is 0.217 e. The van der Waals surface area contributed by atoms with E-state index in [1.54, 1.807) is 19.9 Å². The van der Waals surface area contributed by atoms with Crippen LogP contribution in [0.3, 0.4) is 0 Å². The van der Waals surface area contributed by atoms with E-state index in [1.807, 2.05) is 0 Å². The zero-order valence-corrected chi connectivity index (χ0v) is 7.72. The summed E-state index contributed by atoms with van der Waals surface area (Å²) < 4.78 is 23.4. The van der Waals surface area contributed by atoms with E-state index in [4.69, 9.17) is 5.26 Å². The van der Waals surface area contributed by atoms with Crippen LogP contribution in [-0.4, -0.2) is 31.6 Å². The van der Waals surface area contributed by atoms with Crippen LogP contribution in [0.1, 0.15) is 13.8 Å². The average Bonchev–Trinajstić information content (AvgIpc) is 1.88. The molecular weight excluding hydrogens is 164 g/mol. The van der Waals surface area contributed by atoms with Crippen molar-refractivity contribution in [3.63, 3.8) is 0 Å². The highest BCUT2D eigenvalue weighted by atomic mass is 32.2. The minimum atomic E-state index is -3.23. The zero-order valence-electron chi connectivity index (χ0n) is 6.90. The van der Waals surface area contributed by atoms with Crippen LogP contribution < -0.4 is 0 Å². The highest BCUT2D eigenvalue weighted by Gasteiger charge is 2.21. The first kappa shape index (κ1) is 10.4. The maximum Gasteiger partial charge on any atom is 0.217 e. The Morgan fingerprint density at radius 2 is 2.00 bits per heavy atom. The van der Waals surface area contributed by atoms with Gasteiger partial charge >= 0.3 is 0 Å². The summed E-state index contributed by atoms with van der Waals surface area (Å²) in [6.07, 6.45) is 0. The molecule has 0 amide bonds. The van der Waals surface area contributed by atoms with Gasteiger partial charge in [-0.2, -0.15) is 9.57 Å². The summed E-state index contributed by atoms with van der Waals surface area (Å²) in [4.78, 5) is 0. The molecule has 0 aliphatic carbocycles. The number of hydrogen-bond donors (Lipinski definition) is 0. The van der Waals surface area contributed by atoms with Crippen LogP contribution in [0, 0.1) is 11.3 Å². The van der Waals surface area contributed by atoms with Gasteiger partial charge in [0.1, 0.15) is 6.54 Å². The molecule has 0 radical (unpaired) electrons. The predicted molar refractivity (Wildman–Crippen MR) is 42.3 cm³/mol. The van der Waals surface area contributed by atoms with Gasteiger partial charge < -0.3 is 0 Å². The number of rotatable bonds is 3. The molecule has 0 heterocycles. The third-order valence-corrected chi connectivity index (χ3v) is 3.51. The molecule has 0 fully saturated rings. The lowest BCUT2D eigenvalue weighted by atomic mass is 10.6. The van der Waals surface area contributed by atoms with E-state index in [1.165, 1.54) is 7.05 Å². The number of nitrogens with zero attached hydrogens (tertiary/aromatic N) is 2. The Labute approximate surface area is 67.5 Å². The molecule has 0 aliphatic rings. The first-order chi connectivity index (χ1) is 4.92. The Kier molecular flexibility index (Phi) is 3.49. The highest BCUT2D eigenvalue weighted by molar-refractivity contribution is 7.89. The van der Waals surface area contributed by atoms with E-state index in [2.05, 4.69) is 0 Å². The Morgan fingerprint density at radius 1 is 1.55 bits per heavy atom. The van der Waals surface area contributed by atoms with Crippen LogP contribution in [-0.2, 0) is 10.0 Å². The van der Waals surface area contributed by atoms with Crippen molar-refractivity contribution in [1.29, 1.82) is 5.26 Å². The van der Waals surface area contributed by atoms with Crippen LogP contribution in [0.4, 0.5) is 0 Å². The van der Waals surface area contributed by atoms with E-state index in [-0.39, 0.29) is 6.54 Å². The molecule has 0 bridgehead atoms. The molecule has 0 aromatic carbocycles. The fourth-order valence-corrected chi connectivity index (χ4v) is 1.51. The molecule has 0 spiro atoms. The Morgan fingerprint density at radius 3 is 2.27 bits per heavy atom. The van der Waals surface area contributed by atoms with Gasteiger partial charge in [0.25, 0.3) is 0 Å². The summed E-state index contributed by atoms with van der Waals surface area (Å²) >= 11 is 0. The van der Waals surface area contributed by atoms with Crippen molar-refractivity contribution < 1.29 is 8.42 Å². The smallest absolute Gasteiger partial charge is 0.212 e. The molecular formula is C6H12N2O2S. The first-order valence-electron chi connectivity index (χ1n) is 3.25.